The second-order valence-corrected chi connectivity index (χ2v) is 6.68. The van der Waals surface area contributed by atoms with Gasteiger partial charge in [0.2, 0.25) is 0 Å². The van der Waals surface area contributed by atoms with E-state index in [1.807, 2.05) is 0 Å². The molecule has 0 heterocycles. The molecule has 25 heavy (non-hydrogen) atoms. The van der Waals surface area contributed by atoms with Gasteiger partial charge in [0, 0.05) is 0 Å². The van der Waals surface area contributed by atoms with Crippen LogP contribution in [0, 0.1) is 0 Å². The van der Waals surface area contributed by atoms with Crippen LogP contribution in [0.15, 0.2) is 0 Å². The van der Waals surface area contributed by atoms with Crippen LogP contribution in [-0.2, 0) is 10.1 Å². The predicted molar refractivity (Wildman–Crippen MR) is 71.6 cm³/mol. The molecule has 0 aliphatic rings. The summed E-state index contributed by atoms with van der Waals surface area (Å²) in [5.74, 6) is -1.91. The maximum absolute atomic E-state index is 13.4. The third kappa shape index (κ3) is 10.0. The second-order valence-electron chi connectivity index (χ2n) is 5.19. The molecule has 148 valence electrons. The molecule has 0 fully saturated rings. The van der Waals surface area contributed by atoms with Crippen molar-refractivity contribution >= 4 is 10.1 Å². The fourth-order valence-electron chi connectivity index (χ4n) is 1.81. The van der Waals surface area contributed by atoms with E-state index in [0.717, 1.165) is 0 Å². The van der Waals surface area contributed by atoms with E-state index in [1.165, 1.54) is 0 Å². The third-order valence-corrected chi connectivity index (χ3v) is 3.88. The second kappa shape index (κ2) is 12.4. The van der Waals surface area contributed by atoms with Gasteiger partial charge in [-0.05, 0) is 19.3 Å². The Labute approximate surface area is 153 Å². The van der Waals surface area contributed by atoms with Crippen LogP contribution in [0.25, 0.3) is 0 Å². The van der Waals surface area contributed by atoms with Gasteiger partial charge in [0.25, 0.3) is 10.1 Å². The Balaban J connectivity index is -0.00000264. The molecule has 0 spiro atoms. The summed E-state index contributed by atoms with van der Waals surface area (Å²) in [7, 11) is -5.05. The molecule has 0 aliphatic carbocycles. The minimum absolute atomic E-state index is 0. The molecule has 0 aliphatic heterocycles. The Morgan fingerprint density at radius 1 is 0.760 bits per heavy atom. The molecule has 13 heteroatoms. The van der Waals surface area contributed by atoms with E-state index in [4.69, 9.17) is 4.55 Å². The fraction of sp³-hybridized carbons (Fsp3) is 1.00. The van der Waals surface area contributed by atoms with Crippen LogP contribution in [0.1, 0.15) is 20.7 Å². The van der Waals surface area contributed by atoms with Crippen LogP contribution < -0.4 is 18.9 Å². The van der Waals surface area contributed by atoms with Gasteiger partial charge in [-0.2, -0.15) is 8.42 Å². The summed E-state index contributed by atoms with van der Waals surface area (Å²) < 4.78 is 134. The normalized spacial score (nSPS) is 20.7. The van der Waals surface area contributed by atoms with Gasteiger partial charge < -0.3 is 1.43 Å². The van der Waals surface area contributed by atoms with Crippen molar-refractivity contribution in [1.82, 2.24) is 0 Å². The van der Waals surface area contributed by atoms with Crippen molar-refractivity contribution in [2.24, 2.45) is 0 Å². The first-order valence-corrected chi connectivity index (χ1v) is 8.53. The smallest absolute Gasteiger partial charge is 1.00 e. The molecule has 7 unspecified atom stereocenters. The number of unbranched alkanes of at least 4 members (excludes halogenated alkanes) is 1. The van der Waals surface area contributed by atoms with E-state index in [9.17, 15) is 43.5 Å². The summed E-state index contributed by atoms with van der Waals surface area (Å²) in [6, 6.07) is 0. The standard InChI is InChI=1S/C12H18F8O3S.Li.H/c13-4-2-1-3-6(14)8(16)10(18)12(20)11(19)9(17)7(15)5-24(21,22)23;;/h6-12H,1-5H2,(H,21,22,23);;/q;+1;-1. The van der Waals surface area contributed by atoms with Crippen molar-refractivity contribution in [1.29, 1.82) is 0 Å². The quantitative estimate of drug-likeness (QED) is 0.224. The fourth-order valence-corrected chi connectivity index (χ4v) is 2.40. The molecule has 0 radical (unpaired) electrons. The maximum atomic E-state index is 13.4. The van der Waals surface area contributed by atoms with Gasteiger partial charge in [0.15, 0.2) is 37.0 Å². The van der Waals surface area contributed by atoms with Crippen molar-refractivity contribution < 1.29 is 68.4 Å². The van der Waals surface area contributed by atoms with Gasteiger partial charge in [-0.3, -0.25) is 8.94 Å². The monoisotopic (exact) mass is 402 g/mol. The van der Waals surface area contributed by atoms with Gasteiger partial charge in [0.05, 0.1) is 6.67 Å². The number of halogens is 8. The van der Waals surface area contributed by atoms with Gasteiger partial charge in [-0.25, -0.2) is 30.7 Å². The third-order valence-electron chi connectivity index (χ3n) is 3.14. The van der Waals surface area contributed by atoms with Gasteiger partial charge in [-0.15, -0.1) is 0 Å². The summed E-state index contributed by atoms with van der Waals surface area (Å²) in [6.45, 7) is -0.837. The van der Waals surface area contributed by atoms with Gasteiger partial charge in [0.1, 0.15) is 11.9 Å². The summed E-state index contributed by atoms with van der Waals surface area (Å²) in [5, 5.41) is 0. The summed E-state index contributed by atoms with van der Waals surface area (Å²) >= 11 is 0. The van der Waals surface area contributed by atoms with Crippen molar-refractivity contribution in [3.8, 4) is 0 Å². The van der Waals surface area contributed by atoms with Crippen molar-refractivity contribution in [3.05, 3.63) is 0 Å². The van der Waals surface area contributed by atoms with Crippen LogP contribution in [0.4, 0.5) is 35.1 Å². The van der Waals surface area contributed by atoms with Crippen LogP contribution in [0.3, 0.4) is 0 Å². The Morgan fingerprint density at radius 2 is 1.16 bits per heavy atom. The predicted octanol–water partition coefficient (Wildman–Crippen LogP) is 0.497. The zero-order valence-electron chi connectivity index (χ0n) is 14.3. The molecule has 0 saturated carbocycles. The van der Waals surface area contributed by atoms with Crippen molar-refractivity contribution in [2.75, 3.05) is 12.4 Å². The van der Waals surface area contributed by atoms with Crippen LogP contribution in [0.2, 0.25) is 0 Å². The van der Waals surface area contributed by atoms with Crippen LogP contribution in [-0.4, -0.2) is 68.6 Å². The maximum Gasteiger partial charge on any atom is 1.00 e. The average Bonchev–Trinajstić information content (AvgIpc) is 2.49. The summed E-state index contributed by atoms with van der Waals surface area (Å²) in [5.41, 5.74) is 0. The molecule has 0 amide bonds. The Bertz CT molecular complexity index is 464. The van der Waals surface area contributed by atoms with E-state index in [2.05, 4.69) is 0 Å². The zero-order valence-corrected chi connectivity index (χ0v) is 14.1. The van der Waals surface area contributed by atoms with Gasteiger partial charge in [-0.1, -0.05) is 0 Å². The first-order chi connectivity index (χ1) is 10.9. The molecule has 7 atom stereocenters. The van der Waals surface area contributed by atoms with Crippen LogP contribution in [0.5, 0.6) is 0 Å². The molecule has 0 aromatic carbocycles. The van der Waals surface area contributed by atoms with Gasteiger partial charge >= 0.3 is 18.9 Å². The number of alkyl halides is 8. The SMILES string of the molecule is O=S(=O)(O)CC(F)C(F)C(F)C(F)C(F)C(F)C(F)CCCCF.[H-].[Li+]. The molecule has 0 aromatic heterocycles. The molecular formula is C12H19F8LiO3S. The van der Waals surface area contributed by atoms with Crippen molar-refractivity contribution in [2.45, 2.75) is 62.5 Å². The average molecular weight is 402 g/mol. The van der Waals surface area contributed by atoms with E-state index in [1.54, 1.807) is 0 Å². The Morgan fingerprint density at radius 3 is 1.56 bits per heavy atom. The van der Waals surface area contributed by atoms with Crippen molar-refractivity contribution in [3.63, 3.8) is 0 Å². The molecule has 0 saturated heterocycles. The van der Waals surface area contributed by atoms with E-state index in [0.29, 0.717) is 0 Å². The van der Waals surface area contributed by atoms with Crippen LogP contribution >= 0.6 is 0 Å². The number of rotatable bonds is 12. The molecule has 0 aromatic rings. The topological polar surface area (TPSA) is 54.4 Å². The Kier molecular flexibility index (Phi) is 13.4. The summed E-state index contributed by atoms with van der Waals surface area (Å²) in [6.07, 6.45) is -24.3. The molecule has 1 N–H and O–H groups in total. The Hall–Kier alpha value is -0.0526. The number of hydrogen-bond donors (Lipinski definition) is 1. The molecule has 0 rings (SSSR count). The van der Waals surface area contributed by atoms with E-state index < -0.39 is 72.2 Å². The minimum atomic E-state index is -5.05. The summed E-state index contributed by atoms with van der Waals surface area (Å²) in [4.78, 5) is 0. The molecule has 3 nitrogen and oxygen atoms in total. The largest absolute Gasteiger partial charge is 1.00 e. The van der Waals surface area contributed by atoms with E-state index in [-0.39, 0.29) is 33.1 Å². The zero-order chi connectivity index (χ0) is 19.1. The molecular weight excluding hydrogens is 383 g/mol. The minimum Gasteiger partial charge on any atom is -1.00 e. The number of hydrogen-bond acceptors (Lipinski definition) is 2. The molecule has 0 bridgehead atoms. The first-order valence-electron chi connectivity index (χ1n) is 6.92. The van der Waals surface area contributed by atoms with E-state index >= 15 is 0 Å². The first kappa shape index (κ1) is 27.2.